The van der Waals surface area contributed by atoms with Crippen molar-refractivity contribution in [2.75, 3.05) is 5.73 Å². The highest BCUT2D eigenvalue weighted by atomic mass is 35.5. The van der Waals surface area contributed by atoms with Crippen LogP contribution in [0.25, 0.3) is 0 Å². The molecule has 0 aliphatic carbocycles. The molecule has 2 N–H and O–H groups in total. The first-order valence-corrected chi connectivity index (χ1v) is 6.54. The molecule has 0 saturated heterocycles. The van der Waals surface area contributed by atoms with Gasteiger partial charge in [0.1, 0.15) is 11.6 Å². The second kappa shape index (κ2) is 5.59. The molecule has 0 fully saturated rings. The predicted octanol–water partition coefficient (Wildman–Crippen LogP) is 4.49. The third kappa shape index (κ3) is 3.15. The molecule has 0 aromatic heterocycles. The van der Waals surface area contributed by atoms with Crippen molar-refractivity contribution >= 4 is 29.1 Å². The summed E-state index contributed by atoms with van der Waals surface area (Å²) in [5, 5.41) is 0.497. The maximum Gasteiger partial charge on any atom is 0.139 e. The number of thioether (sulfide) groups is 1. The molecule has 2 aromatic carbocycles. The Bertz CT molecular complexity index is 575. The zero-order valence-corrected chi connectivity index (χ0v) is 10.9. The predicted molar refractivity (Wildman–Crippen MR) is 71.8 cm³/mol. The van der Waals surface area contributed by atoms with E-state index in [0.717, 1.165) is 11.6 Å². The molecular formula is C13H10ClF2NS. The molecule has 2 aromatic rings. The Hall–Kier alpha value is -1.26. The van der Waals surface area contributed by atoms with E-state index >= 15 is 0 Å². The molecule has 0 saturated carbocycles. The molecule has 5 heteroatoms. The minimum atomic E-state index is -0.576. The van der Waals surface area contributed by atoms with Crippen LogP contribution >= 0.6 is 23.4 Å². The highest BCUT2D eigenvalue weighted by Gasteiger charge is 2.05. The van der Waals surface area contributed by atoms with Crippen molar-refractivity contribution < 1.29 is 8.78 Å². The molecule has 0 spiro atoms. The lowest BCUT2D eigenvalue weighted by molar-refractivity contribution is 0.565. The van der Waals surface area contributed by atoms with Gasteiger partial charge in [-0.15, -0.1) is 11.8 Å². The zero-order valence-electron chi connectivity index (χ0n) is 9.29. The quantitative estimate of drug-likeness (QED) is 0.664. The average Bonchev–Trinajstić information content (AvgIpc) is 2.32. The minimum absolute atomic E-state index is 0.407. The van der Waals surface area contributed by atoms with Crippen molar-refractivity contribution in [3.8, 4) is 0 Å². The van der Waals surface area contributed by atoms with Gasteiger partial charge in [0.2, 0.25) is 0 Å². The van der Waals surface area contributed by atoms with Crippen LogP contribution in [0.3, 0.4) is 0 Å². The standard InChI is InChI=1S/C13H10ClF2NS/c14-10-3-1-8(5-12(10)17)7-18-13-4-2-9(15)6-11(13)16/h1-6H,7,17H2. The number of hydrogen-bond donors (Lipinski definition) is 1. The van der Waals surface area contributed by atoms with Crippen molar-refractivity contribution in [1.29, 1.82) is 0 Å². The van der Waals surface area contributed by atoms with Crippen molar-refractivity contribution in [2.24, 2.45) is 0 Å². The van der Waals surface area contributed by atoms with Crippen LogP contribution < -0.4 is 5.73 Å². The van der Waals surface area contributed by atoms with Crippen LogP contribution in [0.2, 0.25) is 5.02 Å². The normalized spacial score (nSPS) is 10.6. The number of nitrogens with two attached hydrogens (primary N) is 1. The van der Waals surface area contributed by atoms with Crippen LogP contribution in [0.4, 0.5) is 14.5 Å². The zero-order chi connectivity index (χ0) is 13.1. The second-order valence-electron chi connectivity index (χ2n) is 3.72. The summed E-state index contributed by atoms with van der Waals surface area (Å²) in [5.74, 6) is -0.585. The monoisotopic (exact) mass is 285 g/mol. The first kappa shape index (κ1) is 13.2. The molecule has 0 aliphatic rings. The molecule has 94 valence electrons. The first-order chi connectivity index (χ1) is 8.56. The van der Waals surface area contributed by atoms with E-state index in [1.165, 1.54) is 23.9 Å². The summed E-state index contributed by atoms with van der Waals surface area (Å²) < 4.78 is 26.1. The van der Waals surface area contributed by atoms with Gasteiger partial charge in [-0.05, 0) is 29.8 Å². The topological polar surface area (TPSA) is 26.0 Å². The Morgan fingerprint density at radius 1 is 1.11 bits per heavy atom. The lowest BCUT2D eigenvalue weighted by Gasteiger charge is -2.05. The van der Waals surface area contributed by atoms with Gasteiger partial charge in [-0.2, -0.15) is 0 Å². The van der Waals surface area contributed by atoms with Crippen LogP contribution in [0.15, 0.2) is 41.3 Å². The van der Waals surface area contributed by atoms with E-state index in [1.54, 1.807) is 12.1 Å². The fraction of sp³-hybridized carbons (Fsp3) is 0.0769. The summed E-state index contributed by atoms with van der Waals surface area (Å²) in [6, 6.07) is 8.81. The molecule has 1 nitrogen and oxygen atoms in total. The number of anilines is 1. The van der Waals surface area contributed by atoms with E-state index in [4.69, 9.17) is 17.3 Å². The number of halogens is 3. The minimum Gasteiger partial charge on any atom is -0.398 e. The Balaban J connectivity index is 2.09. The van der Waals surface area contributed by atoms with Crippen molar-refractivity contribution in [3.63, 3.8) is 0 Å². The van der Waals surface area contributed by atoms with E-state index in [-0.39, 0.29) is 0 Å². The van der Waals surface area contributed by atoms with Crippen LogP contribution in [-0.2, 0) is 5.75 Å². The SMILES string of the molecule is Nc1cc(CSc2ccc(F)cc2F)ccc1Cl. The number of hydrogen-bond acceptors (Lipinski definition) is 2. The summed E-state index contributed by atoms with van der Waals surface area (Å²) in [4.78, 5) is 0.407. The van der Waals surface area contributed by atoms with Gasteiger partial charge in [0.05, 0.1) is 10.7 Å². The Kier molecular flexibility index (Phi) is 4.09. The van der Waals surface area contributed by atoms with Crippen molar-refractivity contribution in [3.05, 3.63) is 58.6 Å². The number of rotatable bonds is 3. The molecule has 0 aliphatic heterocycles. The Morgan fingerprint density at radius 2 is 1.89 bits per heavy atom. The summed E-state index contributed by atoms with van der Waals surface area (Å²) in [7, 11) is 0. The second-order valence-corrected chi connectivity index (χ2v) is 5.14. The molecule has 2 rings (SSSR count). The van der Waals surface area contributed by atoms with E-state index < -0.39 is 11.6 Å². The summed E-state index contributed by atoms with van der Waals surface area (Å²) >= 11 is 7.09. The average molecular weight is 286 g/mol. The lowest BCUT2D eigenvalue weighted by Crippen LogP contribution is -1.90. The van der Waals surface area contributed by atoms with E-state index in [1.807, 2.05) is 6.07 Å². The van der Waals surface area contributed by atoms with Crippen molar-refractivity contribution in [2.45, 2.75) is 10.6 Å². The maximum absolute atomic E-state index is 13.4. The molecule has 0 atom stereocenters. The van der Waals surface area contributed by atoms with Crippen molar-refractivity contribution in [1.82, 2.24) is 0 Å². The first-order valence-electron chi connectivity index (χ1n) is 5.18. The molecule has 0 bridgehead atoms. The largest absolute Gasteiger partial charge is 0.398 e. The lowest BCUT2D eigenvalue weighted by atomic mass is 10.2. The summed E-state index contributed by atoms with van der Waals surface area (Å²) in [6.45, 7) is 0. The van der Waals surface area contributed by atoms with Crippen LogP contribution in [-0.4, -0.2) is 0 Å². The van der Waals surface area contributed by atoms with Gasteiger partial charge < -0.3 is 5.73 Å². The molecule has 0 unspecified atom stereocenters. The van der Waals surface area contributed by atoms with Gasteiger partial charge in [-0.3, -0.25) is 0 Å². The smallest absolute Gasteiger partial charge is 0.139 e. The Morgan fingerprint density at radius 3 is 2.56 bits per heavy atom. The third-order valence-electron chi connectivity index (χ3n) is 2.35. The van der Waals surface area contributed by atoms with Gasteiger partial charge >= 0.3 is 0 Å². The van der Waals surface area contributed by atoms with Gasteiger partial charge in [-0.1, -0.05) is 17.7 Å². The van der Waals surface area contributed by atoms with Gasteiger partial charge in [0.15, 0.2) is 0 Å². The van der Waals surface area contributed by atoms with Gasteiger partial charge in [-0.25, -0.2) is 8.78 Å². The Labute approximate surface area is 113 Å². The summed E-state index contributed by atoms with van der Waals surface area (Å²) in [6.07, 6.45) is 0. The molecule has 0 heterocycles. The van der Waals surface area contributed by atoms with E-state index in [9.17, 15) is 8.78 Å². The van der Waals surface area contributed by atoms with Gasteiger partial charge in [0, 0.05) is 16.7 Å². The molecular weight excluding hydrogens is 276 g/mol. The van der Waals surface area contributed by atoms with Crippen LogP contribution in [0.5, 0.6) is 0 Å². The summed E-state index contributed by atoms with van der Waals surface area (Å²) in [5.41, 5.74) is 7.11. The number of nitrogen functional groups attached to an aromatic ring is 1. The molecule has 0 radical (unpaired) electrons. The number of benzene rings is 2. The van der Waals surface area contributed by atoms with E-state index in [2.05, 4.69) is 0 Å². The maximum atomic E-state index is 13.4. The van der Waals surface area contributed by atoms with Crippen LogP contribution in [0, 0.1) is 11.6 Å². The fourth-order valence-corrected chi connectivity index (χ4v) is 2.42. The van der Waals surface area contributed by atoms with Gasteiger partial charge in [0.25, 0.3) is 0 Å². The highest BCUT2D eigenvalue weighted by molar-refractivity contribution is 7.98. The third-order valence-corrected chi connectivity index (χ3v) is 3.81. The fourth-order valence-electron chi connectivity index (χ4n) is 1.44. The molecule has 18 heavy (non-hydrogen) atoms. The van der Waals surface area contributed by atoms with E-state index in [0.29, 0.717) is 21.4 Å². The highest BCUT2D eigenvalue weighted by Crippen LogP contribution is 2.28. The van der Waals surface area contributed by atoms with Crippen LogP contribution in [0.1, 0.15) is 5.56 Å². The molecule has 0 amide bonds.